The van der Waals surface area contributed by atoms with Crippen LogP contribution in [0.2, 0.25) is 5.02 Å². The number of rotatable bonds is 4. The van der Waals surface area contributed by atoms with Crippen LogP contribution in [-0.4, -0.2) is 18.4 Å². The molecule has 0 bridgehead atoms. The van der Waals surface area contributed by atoms with Crippen LogP contribution in [0.1, 0.15) is 0 Å². The van der Waals surface area contributed by atoms with Gasteiger partial charge in [0, 0.05) is 6.07 Å². The molecule has 110 valence electrons. The lowest BCUT2D eigenvalue weighted by atomic mass is 10.3. The van der Waals surface area contributed by atoms with E-state index in [-0.39, 0.29) is 15.6 Å². The molecule has 2 aromatic carbocycles. The van der Waals surface area contributed by atoms with Gasteiger partial charge in [-0.05, 0) is 24.3 Å². The fourth-order valence-electron chi connectivity index (χ4n) is 1.61. The largest absolute Gasteiger partial charge is 0.507 e. The zero-order chi connectivity index (χ0) is 15.6. The van der Waals surface area contributed by atoms with Crippen molar-refractivity contribution in [3.05, 3.63) is 57.6 Å². The van der Waals surface area contributed by atoms with Crippen molar-refractivity contribution >= 4 is 33.0 Å². The highest BCUT2D eigenvalue weighted by Crippen LogP contribution is 2.29. The number of nitrogens with zero attached hydrogens (tertiary/aromatic N) is 1. The van der Waals surface area contributed by atoms with Gasteiger partial charge in [-0.25, -0.2) is 8.42 Å². The number of hydrogen-bond acceptors (Lipinski definition) is 5. The number of anilines is 1. The first-order chi connectivity index (χ1) is 9.81. The van der Waals surface area contributed by atoms with Gasteiger partial charge in [0.25, 0.3) is 15.7 Å². The smallest absolute Gasteiger partial charge is 0.289 e. The number of para-hydroxylation sites is 1. The lowest BCUT2D eigenvalue weighted by Crippen LogP contribution is -2.13. The Labute approximate surface area is 125 Å². The fourth-order valence-corrected chi connectivity index (χ4v) is 2.95. The van der Waals surface area contributed by atoms with E-state index in [0.29, 0.717) is 0 Å². The van der Waals surface area contributed by atoms with Gasteiger partial charge in [0.2, 0.25) is 0 Å². The fraction of sp³-hybridized carbons (Fsp3) is 0. The molecule has 0 saturated heterocycles. The number of nitro groups is 1. The highest BCUT2D eigenvalue weighted by Gasteiger charge is 2.20. The summed E-state index contributed by atoms with van der Waals surface area (Å²) in [6.07, 6.45) is 0. The quantitative estimate of drug-likeness (QED) is 0.662. The molecule has 0 aliphatic heterocycles. The van der Waals surface area contributed by atoms with E-state index in [2.05, 4.69) is 4.72 Å². The van der Waals surface area contributed by atoms with E-state index in [1.807, 2.05) is 0 Å². The molecule has 0 saturated carbocycles. The molecule has 0 heterocycles. The normalized spacial score (nSPS) is 11.1. The van der Waals surface area contributed by atoms with Crippen molar-refractivity contribution in [2.24, 2.45) is 0 Å². The molecule has 0 aliphatic rings. The van der Waals surface area contributed by atoms with Gasteiger partial charge in [0.1, 0.15) is 15.7 Å². The molecule has 0 radical (unpaired) electrons. The van der Waals surface area contributed by atoms with Gasteiger partial charge in [-0.3, -0.25) is 14.8 Å². The molecule has 2 rings (SSSR count). The Hall–Kier alpha value is -2.32. The molecule has 0 atom stereocenters. The maximum Gasteiger partial charge on any atom is 0.289 e. The zero-order valence-corrected chi connectivity index (χ0v) is 11.9. The summed E-state index contributed by atoms with van der Waals surface area (Å²) < 4.78 is 26.4. The van der Waals surface area contributed by atoms with Gasteiger partial charge >= 0.3 is 0 Å². The van der Waals surface area contributed by atoms with E-state index in [4.69, 9.17) is 11.6 Å². The number of aromatic hydroxyl groups is 1. The van der Waals surface area contributed by atoms with Crippen molar-refractivity contribution in [1.82, 2.24) is 0 Å². The minimum absolute atomic E-state index is 0.0330. The van der Waals surface area contributed by atoms with Crippen molar-refractivity contribution in [2.45, 2.75) is 4.90 Å². The van der Waals surface area contributed by atoms with Crippen LogP contribution in [0.3, 0.4) is 0 Å². The number of benzene rings is 2. The van der Waals surface area contributed by atoms with Gasteiger partial charge in [-0.15, -0.1) is 0 Å². The number of hydrogen-bond donors (Lipinski definition) is 2. The molecule has 0 aliphatic carbocycles. The van der Waals surface area contributed by atoms with Crippen molar-refractivity contribution in [2.75, 3.05) is 4.72 Å². The minimum atomic E-state index is -4.06. The molecule has 0 amide bonds. The van der Waals surface area contributed by atoms with E-state index < -0.39 is 26.4 Å². The van der Waals surface area contributed by atoms with Crippen LogP contribution >= 0.6 is 11.6 Å². The van der Waals surface area contributed by atoms with Crippen molar-refractivity contribution in [3.8, 4) is 5.75 Å². The number of nitro benzene ring substituents is 1. The summed E-state index contributed by atoms with van der Waals surface area (Å²) in [4.78, 5) is 9.71. The van der Waals surface area contributed by atoms with Crippen molar-refractivity contribution in [3.63, 3.8) is 0 Å². The number of nitrogens with one attached hydrogen (secondary N) is 1. The van der Waals surface area contributed by atoms with Crippen LogP contribution in [-0.2, 0) is 10.0 Å². The van der Waals surface area contributed by atoms with Crippen LogP contribution in [0.25, 0.3) is 0 Å². The highest BCUT2D eigenvalue weighted by molar-refractivity contribution is 7.92. The minimum Gasteiger partial charge on any atom is -0.507 e. The van der Waals surface area contributed by atoms with Gasteiger partial charge < -0.3 is 5.11 Å². The number of sulfonamides is 1. The second kappa shape index (κ2) is 5.58. The van der Waals surface area contributed by atoms with Crippen molar-refractivity contribution in [1.29, 1.82) is 0 Å². The predicted molar refractivity (Wildman–Crippen MR) is 77.0 cm³/mol. The Bertz CT molecular complexity index is 807. The Morgan fingerprint density at radius 1 is 1.19 bits per heavy atom. The Kier molecular flexibility index (Phi) is 4.01. The Morgan fingerprint density at radius 2 is 1.86 bits per heavy atom. The maximum absolute atomic E-state index is 12.1. The van der Waals surface area contributed by atoms with E-state index in [9.17, 15) is 23.6 Å². The summed E-state index contributed by atoms with van der Waals surface area (Å²) >= 11 is 5.65. The van der Waals surface area contributed by atoms with E-state index in [1.54, 1.807) is 0 Å². The summed E-state index contributed by atoms with van der Waals surface area (Å²) in [7, 11) is -4.06. The molecule has 21 heavy (non-hydrogen) atoms. The third-order valence-corrected chi connectivity index (χ3v) is 4.30. The van der Waals surface area contributed by atoms with E-state index in [1.165, 1.54) is 36.4 Å². The number of phenolic OH excluding ortho intramolecular Hbond substituents is 1. The van der Waals surface area contributed by atoms with Gasteiger partial charge in [0.15, 0.2) is 0 Å². The van der Waals surface area contributed by atoms with E-state index >= 15 is 0 Å². The topological polar surface area (TPSA) is 110 Å². The Morgan fingerprint density at radius 3 is 2.48 bits per heavy atom. The third kappa shape index (κ3) is 3.23. The average molecular weight is 329 g/mol. The molecule has 0 fully saturated rings. The maximum atomic E-state index is 12.1. The van der Waals surface area contributed by atoms with Gasteiger partial charge in [0.05, 0.1) is 10.6 Å². The number of halogens is 1. The molecule has 0 spiro atoms. The second-order valence-corrected chi connectivity index (χ2v) is 6.05. The highest BCUT2D eigenvalue weighted by atomic mass is 35.5. The molecule has 2 N–H and O–H groups in total. The van der Waals surface area contributed by atoms with Crippen molar-refractivity contribution < 1.29 is 18.4 Å². The van der Waals surface area contributed by atoms with Gasteiger partial charge in [-0.2, -0.15) is 0 Å². The SMILES string of the molecule is O=[N+]([O-])c1cc(NS(=O)(=O)c2ccccc2O)ccc1Cl. The molecule has 7 nitrogen and oxygen atoms in total. The standard InChI is InChI=1S/C12H9ClN2O5S/c13-9-6-5-8(7-10(9)15(17)18)14-21(19,20)12-4-2-1-3-11(12)16/h1-7,14,16H. The van der Waals surface area contributed by atoms with Crippen LogP contribution in [0.5, 0.6) is 5.75 Å². The average Bonchev–Trinajstić information content (AvgIpc) is 2.40. The monoisotopic (exact) mass is 328 g/mol. The second-order valence-electron chi connectivity index (χ2n) is 4.00. The van der Waals surface area contributed by atoms with Gasteiger partial charge in [-0.1, -0.05) is 23.7 Å². The first-order valence-corrected chi connectivity index (χ1v) is 7.42. The molecule has 9 heteroatoms. The molecule has 0 aromatic heterocycles. The first kappa shape index (κ1) is 15.1. The third-order valence-electron chi connectivity index (χ3n) is 2.55. The molecular formula is C12H9ClN2O5S. The summed E-state index contributed by atoms with van der Waals surface area (Å²) in [5, 5.41) is 20.2. The van der Waals surface area contributed by atoms with Crippen LogP contribution in [0.15, 0.2) is 47.4 Å². The summed E-state index contributed by atoms with van der Waals surface area (Å²) in [6.45, 7) is 0. The predicted octanol–water partition coefficient (Wildman–Crippen LogP) is 2.75. The summed E-state index contributed by atoms with van der Waals surface area (Å²) in [6, 6.07) is 8.84. The summed E-state index contributed by atoms with van der Waals surface area (Å²) in [5.41, 5.74) is -0.455. The van der Waals surface area contributed by atoms with Crippen LogP contribution in [0, 0.1) is 10.1 Å². The first-order valence-electron chi connectivity index (χ1n) is 5.56. The lowest BCUT2D eigenvalue weighted by Gasteiger charge is -2.09. The molecule has 2 aromatic rings. The van der Waals surface area contributed by atoms with E-state index in [0.717, 1.165) is 6.07 Å². The molecular weight excluding hydrogens is 320 g/mol. The van der Waals surface area contributed by atoms with Crippen LogP contribution in [0.4, 0.5) is 11.4 Å². The lowest BCUT2D eigenvalue weighted by molar-refractivity contribution is -0.384. The van der Waals surface area contributed by atoms with Crippen LogP contribution < -0.4 is 4.72 Å². The summed E-state index contributed by atoms with van der Waals surface area (Å²) in [5.74, 6) is -0.423. The number of phenols is 1. The zero-order valence-electron chi connectivity index (χ0n) is 10.4. The molecule has 0 unspecified atom stereocenters. The Balaban J connectivity index is 2.40.